The fourth-order valence-electron chi connectivity index (χ4n) is 15.4. The number of benzene rings is 5. The van der Waals surface area contributed by atoms with Gasteiger partial charge in [0.1, 0.15) is 51.7 Å². The fourth-order valence-corrected chi connectivity index (χ4v) is 18.5. The number of aryl methyl sites for hydroxylation is 7. The molecular formula is C83H97N19S4. The quantitative estimate of drug-likeness (QED) is 0.0536. The minimum Gasteiger partial charge on any atom is -0.365 e. The van der Waals surface area contributed by atoms with E-state index in [9.17, 15) is 0 Å². The Hall–Kier alpha value is -9.42. The first-order chi connectivity index (χ1) is 51.1. The molecule has 5 aromatic carbocycles. The second kappa shape index (κ2) is 32.0. The molecule has 8 heterocycles. The van der Waals surface area contributed by atoms with Crippen LogP contribution in [0.25, 0.3) is 41.4 Å². The summed E-state index contributed by atoms with van der Waals surface area (Å²) in [6, 6.07) is 37.8. The number of hydrogen-bond donors (Lipinski definition) is 7. The van der Waals surface area contributed by atoms with E-state index in [1.54, 1.807) is 64.3 Å². The maximum atomic E-state index is 4.87. The summed E-state index contributed by atoms with van der Waals surface area (Å²) in [5.74, 6) is 5.80. The largest absolute Gasteiger partial charge is 0.365 e. The van der Waals surface area contributed by atoms with Crippen LogP contribution in [0, 0.1) is 71.1 Å². The van der Waals surface area contributed by atoms with Crippen molar-refractivity contribution in [1.82, 2.24) is 59.8 Å². The van der Waals surface area contributed by atoms with Gasteiger partial charge in [-0.25, -0.2) is 59.8 Å². The maximum absolute atomic E-state index is 4.87. The molecule has 548 valence electrons. The Kier molecular flexibility index (Phi) is 22.1. The van der Waals surface area contributed by atoms with Crippen molar-refractivity contribution in [2.24, 2.45) is 22.7 Å². The number of thiazole rings is 4. The lowest BCUT2D eigenvalue weighted by molar-refractivity contribution is 0.173. The fraction of sp³-hybridized carbons (Fsp3) is 0.398. The van der Waals surface area contributed by atoms with Crippen molar-refractivity contribution in [3.63, 3.8) is 0 Å². The van der Waals surface area contributed by atoms with Crippen molar-refractivity contribution < 1.29 is 0 Å². The van der Waals surface area contributed by atoms with Crippen molar-refractivity contribution in [2.75, 3.05) is 37.2 Å². The first kappa shape index (κ1) is 73.5. The molecule has 7 N–H and O–H groups in total. The molecule has 13 aromatic rings. The third-order valence-electron chi connectivity index (χ3n) is 21.4. The van der Waals surface area contributed by atoms with Gasteiger partial charge in [0.05, 0.1) is 5.51 Å². The molecule has 2 fully saturated rings. The molecule has 4 aliphatic rings. The number of hydrogen-bond acceptors (Lipinski definition) is 23. The summed E-state index contributed by atoms with van der Waals surface area (Å²) in [5, 5.41) is 27.5. The van der Waals surface area contributed by atoms with E-state index >= 15 is 0 Å². The van der Waals surface area contributed by atoms with Crippen LogP contribution in [-0.4, -0.2) is 84.0 Å². The van der Waals surface area contributed by atoms with Gasteiger partial charge in [-0.05, 0) is 204 Å². The Morgan fingerprint density at radius 2 is 0.651 bits per heavy atom. The van der Waals surface area contributed by atoms with Crippen LogP contribution in [0.5, 0.6) is 0 Å². The molecule has 8 aromatic heterocycles. The van der Waals surface area contributed by atoms with E-state index in [4.69, 9.17) is 19.9 Å². The summed E-state index contributed by atoms with van der Waals surface area (Å²) >= 11 is 6.27. The van der Waals surface area contributed by atoms with Gasteiger partial charge < -0.3 is 37.2 Å². The standard InChI is InChI=1S/C24H33N5S.C23H31N5S.C22H21N5S.C14H12N4S/c1-14-8-7-9-15(2)19(14)28-23-29-20-21(25-16(3)26-22(20)30-23)27-18-12-10-17(11-13-18)24(4,5)6;1-14-7-6-8-15(2)18(14)27-22-28-19-20(24-13-25-21(19)29-22)26-17-11-9-16(10-12-17)23(3,4)5;1-13-6-5-7-14(2)18(13)26-22-27-19-20(23-12-24-21(19)28-22)25-17-10-15-8-3-4-9-16(15)11-17;1-2-4-10-6-11(5-9(10)3-1)18-13-12-14(16-7-15-13)19-8-17-12/h7-9,17-18H,10-13H2,1-6H3,(H,28,29)(H,25,26,27);6-8,13,16-17H,9-12H2,1-5H3,(H,27,28)(H,24,25,26);3-9,12,17H,10-11H2,1-2H3,(H,26,27)(H,23,24,25);1-4,7-8,11H,5-6H2,(H,15,16,18). The minimum atomic E-state index is 0.340. The van der Waals surface area contributed by atoms with Crippen LogP contribution in [-0.2, 0) is 25.7 Å². The van der Waals surface area contributed by atoms with Crippen molar-refractivity contribution in [2.45, 2.75) is 191 Å². The predicted molar refractivity (Wildman–Crippen MR) is 443 cm³/mol. The van der Waals surface area contributed by atoms with Gasteiger partial charge >= 0.3 is 0 Å². The minimum absolute atomic E-state index is 0.340. The molecule has 0 aliphatic heterocycles. The molecular weight excluding hydrogens is 1390 g/mol. The molecule has 106 heavy (non-hydrogen) atoms. The van der Waals surface area contributed by atoms with Crippen molar-refractivity contribution in [1.29, 1.82) is 0 Å². The van der Waals surface area contributed by atoms with Gasteiger partial charge in [0, 0.05) is 41.2 Å². The monoisotopic (exact) mass is 1490 g/mol. The van der Waals surface area contributed by atoms with E-state index in [2.05, 4.69) is 263 Å². The normalized spacial score (nSPS) is 17.3. The van der Waals surface area contributed by atoms with Gasteiger partial charge in [0.25, 0.3) is 0 Å². The topological polar surface area (TPSA) is 239 Å². The van der Waals surface area contributed by atoms with Crippen LogP contribution in [0.3, 0.4) is 0 Å². The van der Waals surface area contributed by atoms with E-state index in [0.29, 0.717) is 35.0 Å². The van der Waals surface area contributed by atoms with Crippen molar-refractivity contribution >= 4 is 142 Å². The average Bonchev–Trinajstić information content (AvgIpc) is 1.64. The second-order valence-electron chi connectivity index (χ2n) is 31.1. The lowest BCUT2D eigenvalue weighted by Gasteiger charge is -2.37. The number of nitrogens with zero attached hydrogens (tertiary/aromatic N) is 12. The molecule has 0 spiro atoms. The second-order valence-corrected chi connectivity index (χ2v) is 34.9. The van der Waals surface area contributed by atoms with Gasteiger partial charge in [0.15, 0.2) is 53.2 Å². The lowest BCUT2D eigenvalue weighted by Crippen LogP contribution is -2.31. The predicted octanol–water partition coefficient (Wildman–Crippen LogP) is 20.9. The molecule has 23 heteroatoms. The summed E-state index contributed by atoms with van der Waals surface area (Å²) in [5.41, 5.74) is 22.4. The Morgan fingerprint density at radius 3 is 1.03 bits per heavy atom. The van der Waals surface area contributed by atoms with Crippen LogP contribution in [0.4, 0.5) is 55.7 Å². The highest BCUT2D eigenvalue weighted by atomic mass is 32.1. The zero-order chi connectivity index (χ0) is 73.8. The highest BCUT2D eigenvalue weighted by Crippen LogP contribution is 2.43. The third kappa shape index (κ3) is 17.3. The Balaban J connectivity index is 0.000000120. The van der Waals surface area contributed by atoms with Crippen LogP contribution < -0.4 is 37.2 Å². The zero-order valence-electron chi connectivity index (χ0n) is 63.1. The summed E-state index contributed by atoms with van der Waals surface area (Å²) in [6.45, 7) is 28.8. The van der Waals surface area contributed by atoms with Gasteiger partial charge in [0.2, 0.25) is 0 Å². The van der Waals surface area contributed by atoms with Crippen LogP contribution in [0.15, 0.2) is 128 Å². The highest BCUT2D eigenvalue weighted by Gasteiger charge is 2.33. The average molecular weight is 1490 g/mol. The van der Waals surface area contributed by atoms with Crippen molar-refractivity contribution in [3.05, 3.63) is 189 Å². The van der Waals surface area contributed by atoms with Gasteiger partial charge in [-0.2, -0.15) is 0 Å². The maximum Gasteiger partial charge on any atom is 0.189 e. The number of nitrogens with one attached hydrogen (secondary N) is 7. The Morgan fingerprint density at radius 1 is 0.321 bits per heavy atom. The van der Waals surface area contributed by atoms with E-state index < -0.39 is 0 Å². The van der Waals surface area contributed by atoms with E-state index in [1.807, 2.05) is 12.4 Å². The van der Waals surface area contributed by atoms with Crippen LogP contribution in [0.1, 0.15) is 154 Å². The smallest absolute Gasteiger partial charge is 0.189 e. The van der Waals surface area contributed by atoms with Gasteiger partial charge in [-0.15, -0.1) is 11.3 Å². The molecule has 0 saturated heterocycles. The summed E-state index contributed by atoms with van der Waals surface area (Å²) in [7, 11) is 0. The van der Waals surface area contributed by atoms with E-state index in [0.717, 1.165) is 140 Å². The highest BCUT2D eigenvalue weighted by molar-refractivity contribution is 7.22. The molecule has 4 aliphatic carbocycles. The lowest BCUT2D eigenvalue weighted by atomic mass is 9.71. The zero-order valence-corrected chi connectivity index (χ0v) is 66.3. The number of fused-ring (bicyclic) bond motifs is 6. The number of anilines is 10. The Bertz CT molecular complexity index is 5110. The molecule has 0 amide bonds. The van der Waals surface area contributed by atoms with Gasteiger partial charge in [-0.3, -0.25) is 0 Å². The summed E-state index contributed by atoms with van der Waals surface area (Å²) in [6.07, 6.45) is 18.8. The van der Waals surface area contributed by atoms with Gasteiger partial charge in [-0.1, -0.05) is 179 Å². The molecule has 0 radical (unpaired) electrons. The SMILES string of the molecule is Cc1cccc(C)c1Nc1nc2c(NC3CCC(C(C)(C)C)CC3)ncnc2s1.Cc1cccc(C)c1Nc1nc2c(NC3Cc4ccccc4C3)ncnc2s1.Cc1nc(NC2CCC(C(C)(C)C)CC2)c2nc(Nc3c(C)cccc3C)sc2n1.c1ccc2c(c1)CC(Nc1ncnc3scnc13)C2. The van der Waals surface area contributed by atoms with Crippen molar-refractivity contribution in [3.8, 4) is 0 Å². The summed E-state index contributed by atoms with van der Waals surface area (Å²) < 4.78 is 0. The van der Waals surface area contributed by atoms with Crippen LogP contribution >= 0.6 is 45.3 Å². The first-order valence-corrected chi connectivity index (χ1v) is 40.5. The number of aromatic nitrogens is 12. The number of para-hydroxylation sites is 3. The molecule has 2 saturated carbocycles. The first-order valence-electron chi connectivity index (χ1n) is 37.2. The van der Waals surface area contributed by atoms with Crippen LogP contribution in [0.2, 0.25) is 0 Å². The molecule has 0 unspecified atom stereocenters. The molecule has 19 nitrogen and oxygen atoms in total. The number of rotatable bonds is 14. The molecule has 0 atom stereocenters. The van der Waals surface area contributed by atoms with E-state index in [1.165, 1.54) is 107 Å². The van der Waals surface area contributed by atoms with E-state index in [-0.39, 0.29) is 0 Å². The molecule has 17 rings (SSSR count). The molecule has 0 bridgehead atoms. The Labute approximate surface area is 638 Å². The third-order valence-corrected chi connectivity index (χ3v) is 24.8. The summed E-state index contributed by atoms with van der Waals surface area (Å²) in [4.78, 5) is 58.3.